The third kappa shape index (κ3) is 4.12. The molecule has 0 radical (unpaired) electrons. The van der Waals surface area contributed by atoms with Gasteiger partial charge in [-0.2, -0.15) is 0 Å². The van der Waals surface area contributed by atoms with Gasteiger partial charge in [0.25, 0.3) is 0 Å². The normalized spacial score (nSPS) is 10.6. The number of benzene rings is 4. The lowest BCUT2D eigenvalue weighted by molar-refractivity contribution is 0.112. The Bertz CT molecular complexity index is 1050. The van der Waals surface area contributed by atoms with E-state index in [1.807, 2.05) is 24.3 Å². The highest BCUT2D eigenvalue weighted by Crippen LogP contribution is 2.35. The van der Waals surface area contributed by atoms with Crippen molar-refractivity contribution in [2.75, 3.05) is 4.90 Å². The first-order valence-corrected chi connectivity index (χ1v) is 9.73. The lowest BCUT2D eigenvalue weighted by Crippen LogP contribution is -2.09. The van der Waals surface area contributed by atoms with Crippen LogP contribution >= 0.6 is 0 Å². The van der Waals surface area contributed by atoms with Crippen LogP contribution in [0.5, 0.6) is 0 Å². The highest BCUT2D eigenvalue weighted by atomic mass is 16.1. The average molecular weight is 377 g/mol. The summed E-state index contributed by atoms with van der Waals surface area (Å²) >= 11 is 0. The largest absolute Gasteiger partial charge is 0.311 e. The molecule has 4 rings (SSSR count). The molecule has 0 unspecified atom stereocenters. The minimum atomic E-state index is 0.690. The van der Waals surface area contributed by atoms with Crippen molar-refractivity contribution in [3.05, 3.63) is 114 Å². The predicted molar refractivity (Wildman–Crippen MR) is 121 cm³/mol. The molecular formula is C27H23NO. The van der Waals surface area contributed by atoms with Crippen LogP contribution in [-0.4, -0.2) is 6.29 Å². The molecule has 0 aliphatic heterocycles. The standard InChI is InChI=1S/C27H23NO/c1-20-3-13-25(14-4-20)28(26-15-5-21(2)6-16-26)27-17-11-24(12-18-27)23-9-7-22(19-29)8-10-23/h3-19H,1-2H3. The minimum absolute atomic E-state index is 0.690. The maximum Gasteiger partial charge on any atom is 0.150 e. The van der Waals surface area contributed by atoms with Gasteiger partial charge in [-0.05, 0) is 61.4 Å². The van der Waals surface area contributed by atoms with Gasteiger partial charge in [0.15, 0.2) is 0 Å². The number of aryl methyl sites for hydroxylation is 2. The molecule has 29 heavy (non-hydrogen) atoms. The van der Waals surface area contributed by atoms with Crippen molar-refractivity contribution in [1.82, 2.24) is 0 Å². The summed E-state index contributed by atoms with van der Waals surface area (Å²) < 4.78 is 0. The van der Waals surface area contributed by atoms with Crippen molar-refractivity contribution < 1.29 is 4.79 Å². The molecule has 0 aromatic heterocycles. The molecule has 0 heterocycles. The van der Waals surface area contributed by atoms with E-state index in [0.29, 0.717) is 5.56 Å². The molecule has 0 N–H and O–H groups in total. The molecule has 0 bridgehead atoms. The number of hydrogen-bond donors (Lipinski definition) is 0. The number of hydrogen-bond acceptors (Lipinski definition) is 2. The smallest absolute Gasteiger partial charge is 0.150 e. The average Bonchev–Trinajstić information content (AvgIpc) is 2.77. The maximum absolute atomic E-state index is 10.9. The van der Waals surface area contributed by atoms with Gasteiger partial charge in [0.1, 0.15) is 6.29 Å². The summed E-state index contributed by atoms with van der Waals surface area (Å²) in [5, 5.41) is 0. The van der Waals surface area contributed by atoms with Crippen LogP contribution < -0.4 is 4.90 Å². The van der Waals surface area contributed by atoms with Crippen molar-refractivity contribution in [3.8, 4) is 11.1 Å². The fourth-order valence-electron chi connectivity index (χ4n) is 3.39. The fourth-order valence-corrected chi connectivity index (χ4v) is 3.39. The van der Waals surface area contributed by atoms with Gasteiger partial charge in [-0.1, -0.05) is 71.8 Å². The summed E-state index contributed by atoms with van der Waals surface area (Å²) in [4.78, 5) is 13.1. The fraction of sp³-hybridized carbons (Fsp3) is 0.0741. The lowest BCUT2D eigenvalue weighted by Gasteiger charge is -2.26. The number of carbonyl (C=O) groups excluding carboxylic acids is 1. The van der Waals surface area contributed by atoms with E-state index >= 15 is 0 Å². The lowest BCUT2D eigenvalue weighted by atomic mass is 10.0. The van der Waals surface area contributed by atoms with E-state index in [1.54, 1.807) is 0 Å². The van der Waals surface area contributed by atoms with Gasteiger partial charge >= 0.3 is 0 Å². The van der Waals surface area contributed by atoms with Gasteiger partial charge in [-0.25, -0.2) is 0 Å². The van der Waals surface area contributed by atoms with Crippen LogP contribution in [-0.2, 0) is 0 Å². The van der Waals surface area contributed by atoms with Gasteiger partial charge in [0.2, 0.25) is 0 Å². The zero-order valence-electron chi connectivity index (χ0n) is 16.7. The number of anilines is 3. The van der Waals surface area contributed by atoms with Crippen molar-refractivity contribution in [1.29, 1.82) is 0 Å². The van der Waals surface area contributed by atoms with E-state index in [2.05, 4.69) is 91.5 Å². The first-order chi connectivity index (χ1) is 14.1. The summed E-state index contributed by atoms with van der Waals surface area (Å²) in [5.74, 6) is 0. The highest BCUT2D eigenvalue weighted by Gasteiger charge is 2.12. The molecule has 0 aliphatic carbocycles. The Labute approximate surface area is 172 Å². The van der Waals surface area contributed by atoms with Crippen LogP contribution in [0.2, 0.25) is 0 Å². The quantitative estimate of drug-likeness (QED) is 0.341. The third-order valence-corrected chi connectivity index (χ3v) is 5.09. The van der Waals surface area contributed by atoms with Crippen molar-refractivity contribution in [2.45, 2.75) is 13.8 Å². The molecule has 0 saturated heterocycles. The van der Waals surface area contributed by atoms with Gasteiger partial charge in [0.05, 0.1) is 0 Å². The number of aldehydes is 1. The minimum Gasteiger partial charge on any atom is -0.311 e. The van der Waals surface area contributed by atoms with Crippen molar-refractivity contribution in [2.24, 2.45) is 0 Å². The third-order valence-electron chi connectivity index (χ3n) is 5.09. The zero-order valence-corrected chi connectivity index (χ0v) is 16.7. The van der Waals surface area contributed by atoms with E-state index in [9.17, 15) is 4.79 Å². The van der Waals surface area contributed by atoms with Gasteiger partial charge < -0.3 is 4.90 Å². The Hall–Kier alpha value is -3.65. The Morgan fingerprint density at radius 1 is 0.517 bits per heavy atom. The Morgan fingerprint density at radius 3 is 1.24 bits per heavy atom. The number of rotatable bonds is 5. The molecule has 0 atom stereocenters. The van der Waals surface area contributed by atoms with Crippen LogP contribution in [0.1, 0.15) is 21.5 Å². The number of nitrogens with zero attached hydrogens (tertiary/aromatic N) is 1. The molecule has 4 aromatic rings. The van der Waals surface area contributed by atoms with Gasteiger partial charge in [0, 0.05) is 22.6 Å². The topological polar surface area (TPSA) is 20.3 Å². The first kappa shape index (κ1) is 18.7. The van der Waals surface area contributed by atoms with E-state index in [0.717, 1.165) is 34.5 Å². The molecule has 0 spiro atoms. The van der Waals surface area contributed by atoms with Crippen LogP contribution in [0.15, 0.2) is 97.1 Å². The Morgan fingerprint density at radius 2 is 0.862 bits per heavy atom. The van der Waals surface area contributed by atoms with Crippen LogP contribution in [0, 0.1) is 13.8 Å². The molecule has 0 saturated carbocycles. The Kier molecular flexibility index (Phi) is 5.26. The molecule has 0 amide bonds. The predicted octanol–water partition coefficient (Wildman–Crippen LogP) is 7.25. The van der Waals surface area contributed by atoms with Crippen molar-refractivity contribution in [3.63, 3.8) is 0 Å². The van der Waals surface area contributed by atoms with Crippen molar-refractivity contribution >= 4 is 23.3 Å². The number of carbonyl (C=O) groups is 1. The molecule has 2 heteroatoms. The zero-order chi connectivity index (χ0) is 20.2. The monoisotopic (exact) mass is 377 g/mol. The van der Waals surface area contributed by atoms with Crippen LogP contribution in [0.25, 0.3) is 11.1 Å². The second-order valence-corrected chi connectivity index (χ2v) is 7.29. The highest BCUT2D eigenvalue weighted by molar-refractivity contribution is 5.79. The summed E-state index contributed by atoms with van der Waals surface area (Å²) in [6, 6.07) is 33.4. The Balaban J connectivity index is 1.72. The molecule has 0 fully saturated rings. The second kappa shape index (κ2) is 8.15. The van der Waals surface area contributed by atoms with E-state index in [1.165, 1.54) is 11.1 Å². The SMILES string of the molecule is Cc1ccc(N(c2ccc(C)cc2)c2ccc(-c3ccc(C=O)cc3)cc2)cc1. The summed E-state index contributed by atoms with van der Waals surface area (Å²) in [6.45, 7) is 4.20. The molecule has 0 aliphatic rings. The van der Waals surface area contributed by atoms with Gasteiger partial charge in [-0.15, -0.1) is 0 Å². The molecule has 2 nitrogen and oxygen atoms in total. The van der Waals surface area contributed by atoms with E-state index in [4.69, 9.17) is 0 Å². The first-order valence-electron chi connectivity index (χ1n) is 9.73. The van der Waals surface area contributed by atoms with Crippen LogP contribution in [0.4, 0.5) is 17.1 Å². The van der Waals surface area contributed by atoms with E-state index in [-0.39, 0.29) is 0 Å². The van der Waals surface area contributed by atoms with E-state index < -0.39 is 0 Å². The summed E-state index contributed by atoms with van der Waals surface area (Å²) in [5.41, 5.74) is 8.75. The summed E-state index contributed by atoms with van der Waals surface area (Å²) in [7, 11) is 0. The molecule has 4 aromatic carbocycles. The maximum atomic E-state index is 10.9. The van der Waals surface area contributed by atoms with Crippen LogP contribution in [0.3, 0.4) is 0 Å². The summed E-state index contributed by atoms with van der Waals surface area (Å²) in [6.07, 6.45) is 0.869. The molecular weight excluding hydrogens is 354 g/mol. The second-order valence-electron chi connectivity index (χ2n) is 7.29. The van der Waals surface area contributed by atoms with Gasteiger partial charge in [-0.3, -0.25) is 4.79 Å². The molecule has 142 valence electrons.